The highest BCUT2D eigenvalue weighted by Crippen LogP contribution is 2.27. The molecule has 2 aromatic rings. The van der Waals surface area contributed by atoms with Gasteiger partial charge in [-0.05, 0) is 31.2 Å². The lowest BCUT2D eigenvalue weighted by molar-refractivity contribution is -0.119. The summed E-state index contributed by atoms with van der Waals surface area (Å²) in [4.78, 5) is 16.7. The normalized spacial score (nSPS) is 10.3. The Morgan fingerprint density at radius 3 is 2.75 bits per heavy atom. The van der Waals surface area contributed by atoms with E-state index < -0.39 is 18.4 Å². The molecule has 0 saturated heterocycles. The molecule has 2 rings (SSSR count). The molecule has 0 unspecified atom stereocenters. The Morgan fingerprint density at radius 1 is 1.35 bits per heavy atom. The average Bonchev–Trinajstić information content (AvgIpc) is 2.50. The van der Waals surface area contributed by atoms with Gasteiger partial charge in [-0.15, -0.1) is 0 Å². The van der Waals surface area contributed by atoms with Gasteiger partial charge in [0.15, 0.2) is 6.67 Å². The number of carbonyl (C=O) groups is 1. The zero-order valence-corrected chi connectivity index (χ0v) is 11.0. The molecule has 0 radical (unpaired) electrons. The fraction of sp³-hybridized carbons (Fsp3) is 0.200. The van der Waals surface area contributed by atoms with Crippen LogP contribution in [0, 0.1) is 5.82 Å². The van der Waals surface area contributed by atoms with E-state index in [4.69, 9.17) is 0 Å². The van der Waals surface area contributed by atoms with Crippen LogP contribution in [0.4, 0.5) is 14.5 Å². The molecule has 0 bridgehead atoms. The standard InChI is InChI=1S/C15H14F2N2O/c1-2-19(15(20)9-16)12-5-6-14(17)13(8-12)11-4-3-7-18-10-11/h3-8,10H,2,9H2,1H3. The zero-order valence-electron chi connectivity index (χ0n) is 11.0. The van der Waals surface area contributed by atoms with Gasteiger partial charge in [-0.3, -0.25) is 9.78 Å². The summed E-state index contributed by atoms with van der Waals surface area (Å²) in [5, 5.41) is 0. The second-order valence-electron chi connectivity index (χ2n) is 4.18. The summed E-state index contributed by atoms with van der Waals surface area (Å²) in [6, 6.07) is 7.69. The fourth-order valence-electron chi connectivity index (χ4n) is 2.00. The highest BCUT2D eigenvalue weighted by atomic mass is 19.1. The smallest absolute Gasteiger partial charge is 0.258 e. The van der Waals surface area contributed by atoms with Crippen molar-refractivity contribution >= 4 is 11.6 Å². The molecule has 0 N–H and O–H groups in total. The third kappa shape index (κ3) is 2.82. The number of amides is 1. The summed E-state index contributed by atoms with van der Waals surface area (Å²) in [6.07, 6.45) is 3.13. The number of rotatable bonds is 4. The first kappa shape index (κ1) is 14.1. The van der Waals surface area contributed by atoms with Crippen molar-refractivity contribution in [2.24, 2.45) is 0 Å². The minimum atomic E-state index is -1.08. The van der Waals surface area contributed by atoms with Gasteiger partial charge in [0, 0.05) is 35.8 Å². The summed E-state index contributed by atoms with van der Waals surface area (Å²) in [5.74, 6) is -1.05. The van der Waals surface area contributed by atoms with Crippen LogP contribution >= 0.6 is 0 Å². The summed E-state index contributed by atoms with van der Waals surface area (Å²) in [6.45, 7) is 0.981. The van der Waals surface area contributed by atoms with Crippen LogP contribution < -0.4 is 4.90 Å². The molecular formula is C15H14F2N2O. The van der Waals surface area contributed by atoms with Gasteiger partial charge in [0.2, 0.25) is 0 Å². The fourth-order valence-corrected chi connectivity index (χ4v) is 2.00. The number of halogens is 2. The second-order valence-corrected chi connectivity index (χ2v) is 4.18. The van der Waals surface area contributed by atoms with Crippen LogP contribution in [0.25, 0.3) is 11.1 Å². The van der Waals surface area contributed by atoms with Crippen molar-refractivity contribution in [1.82, 2.24) is 4.98 Å². The number of hydrogen-bond donors (Lipinski definition) is 0. The van der Waals surface area contributed by atoms with E-state index in [2.05, 4.69) is 4.98 Å². The lowest BCUT2D eigenvalue weighted by Gasteiger charge is -2.20. The Bertz CT molecular complexity index is 602. The van der Waals surface area contributed by atoms with E-state index in [1.165, 1.54) is 29.3 Å². The van der Waals surface area contributed by atoms with Crippen molar-refractivity contribution in [3.63, 3.8) is 0 Å². The molecule has 0 aliphatic heterocycles. The molecule has 1 amide bonds. The molecular weight excluding hydrogens is 262 g/mol. The third-order valence-electron chi connectivity index (χ3n) is 2.97. The van der Waals surface area contributed by atoms with Crippen molar-refractivity contribution in [3.05, 3.63) is 48.5 Å². The Kier molecular flexibility index (Phi) is 4.40. The van der Waals surface area contributed by atoms with E-state index in [1.807, 2.05) is 0 Å². The van der Waals surface area contributed by atoms with E-state index >= 15 is 0 Å². The predicted octanol–water partition coefficient (Wildman–Crippen LogP) is 3.21. The zero-order chi connectivity index (χ0) is 14.5. The van der Waals surface area contributed by atoms with Gasteiger partial charge in [-0.2, -0.15) is 0 Å². The Balaban J connectivity index is 2.46. The molecule has 1 heterocycles. The van der Waals surface area contributed by atoms with Crippen molar-refractivity contribution < 1.29 is 13.6 Å². The highest BCUT2D eigenvalue weighted by molar-refractivity contribution is 5.94. The number of anilines is 1. The number of carbonyl (C=O) groups excluding carboxylic acids is 1. The summed E-state index contributed by atoms with van der Waals surface area (Å²) >= 11 is 0. The van der Waals surface area contributed by atoms with Crippen molar-refractivity contribution in [2.75, 3.05) is 18.1 Å². The van der Waals surface area contributed by atoms with Crippen LogP contribution in [0.5, 0.6) is 0 Å². The molecule has 0 aliphatic rings. The second kappa shape index (κ2) is 6.23. The summed E-state index contributed by atoms with van der Waals surface area (Å²) in [7, 11) is 0. The molecule has 0 spiro atoms. The molecule has 0 fully saturated rings. The van der Waals surface area contributed by atoms with E-state index in [-0.39, 0.29) is 0 Å². The van der Waals surface area contributed by atoms with E-state index in [0.717, 1.165) is 0 Å². The van der Waals surface area contributed by atoms with Gasteiger partial charge < -0.3 is 4.90 Å². The number of nitrogens with zero attached hydrogens (tertiary/aromatic N) is 2. The molecule has 1 aromatic heterocycles. The van der Waals surface area contributed by atoms with E-state index in [1.54, 1.807) is 25.3 Å². The van der Waals surface area contributed by atoms with Crippen LogP contribution in [0.1, 0.15) is 6.92 Å². The van der Waals surface area contributed by atoms with Gasteiger partial charge >= 0.3 is 0 Å². The largest absolute Gasteiger partial charge is 0.310 e. The van der Waals surface area contributed by atoms with Crippen LogP contribution in [-0.4, -0.2) is 24.1 Å². The molecule has 5 heteroatoms. The number of hydrogen-bond acceptors (Lipinski definition) is 2. The molecule has 0 aliphatic carbocycles. The quantitative estimate of drug-likeness (QED) is 0.859. The van der Waals surface area contributed by atoms with Crippen LogP contribution in [0.2, 0.25) is 0 Å². The average molecular weight is 276 g/mol. The first-order valence-electron chi connectivity index (χ1n) is 6.23. The maximum absolute atomic E-state index is 13.9. The van der Waals surface area contributed by atoms with Gasteiger partial charge in [0.05, 0.1) is 0 Å². The van der Waals surface area contributed by atoms with Gasteiger partial charge in [-0.25, -0.2) is 8.78 Å². The maximum Gasteiger partial charge on any atom is 0.258 e. The molecule has 1 aromatic carbocycles. The van der Waals surface area contributed by atoms with Gasteiger partial charge in [0.25, 0.3) is 5.91 Å². The van der Waals surface area contributed by atoms with Gasteiger partial charge in [-0.1, -0.05) is 6.07 Å². The third-order valence-corrected chi connectivity index (χ3v) is 2.97. The lowest BCUT2D eigenvalue weighted by atomic mass is 10.1. The van der Waals surface area contributed by atoms with Crippen molar-refractivity contribution in [1.29, 1.82) is 0 Å². The summed E-state index contributed by atoms with van der Waals surface area (Å²) < 4.78 is 26.4. The summed E-state index contributed by atoms with van der Waals surface area (Å²) in [5.41, 5.74) is 1.41. The Labute approximate surface area is 115 Å². The Hall–Kier alpha value is -2.30. The van der Waals surface area contributed by atoms with Crippen LogP contribution in [0.3, 0.4) is 0 Å². The number of pyridine rings is 1. The number of alkyl halides is 1. The predicted molar refractivity (Wildman–Crippen MR) is 73.6 cm³/mol. The molecule has 0 atom stereocenters. The SMILES string of the molecule is CCN(C(=O)CF)c1ccc(F)c(-c2cccnc2)c1. The van der Waals surface area contributed by atoms with Crippen molar-refractivity contribution in [2.45, 2.75) is 6.92 Å². The first-order chi connectivity index (χ1) is 9.67. The minimum Gasteiger partial charge on any atom is -0.310 e. The lowest BCUT2D eigenvalue weighted by Crippen LogP contribution is -2.31. The molecule has 20 heavy (non-hydrogen) atoms. The Morgan fingerprint density at radius 2 is 2.15 bits per heavy atom. The minimum absolute atomic E-state index is 0.320. The monoisotopic (exact) mass is 276 g/mol. The number of benzene rings is 1. The van der Waals surface area contributed by atoms with Crippen molar-refractivity contribution in [3.8, 4) is 11.1 Å². The van der Waals surface area contributed by atoms with E-state index in [0.29, 0.717) is 23.4 Å². The van der Waals surface area contributed by atoms with E-state index in [9.17, 15) is 13.6 Å². The van der Waals surface area contributed by atoms with Gasteiger partial charge in [0.1, 0.15) is 5.82 Å². The molecule has 0 saturated carbocycles. The topological polar surface area (TPSA) is 33.2 Å². The molecule has 104 valence electrons. The maximum atomic E-state index is 13.9. The van der Waals surface area contributed by atoms with Crippen LogP contribution in [-0.2, 0) is 4.79 Å². The first-order valence-corrected chi connectivity index (χ1v) is 6.23. The highest BCUT2D eigenvalue weighted by Gasteiger charge is 2.15. The number of aromatic nitrogens is 1. The van der Waals surface area contributed by atoms with Crippen LogP contribution in [0.15, 0.2) is 42.7 Å². The molecule has 3 nitrogen and oxygen atoms in total.